The Hall–Kier alpha value is -1.10. The maximum Gasteiger partial charge on any atom is 0.248 e. The van der Waals surface area contributed by atoms with Gasteiger partial charge in [-0.2, -0.15) is 0 Å². The molecule has 0 radical (unpaired) electrons. The largest absolute Gasteiger partial charge is 0.366 e. The van der Waals surface area contributed by atoms with E-state index >= 15 is 0 Å². The second-order valence-electron chi connectivity index (χ2n) is 5.83. The van der Waals surface area contributed by atoms with Crippen molar-refractivity contribution < 1.29 is 4.79 Å². The van der Waals surface area contributed by atoms with Gasteiger partial charge in [0.05, 0.1) is 0 Å². The van der Waals surface area contributed by atoms with Gasteiger partial charge < -0.3 is 11.5 Å². The summed E-state index contributed by atoms with van der Waals surface area (Å²) in [4.78, 5) is 13.6. The van der Waals surface area contributed by atoms with Crippen molar-refractivity contribution in [2.75, 3.05) is 13.1 Å². The molecule has 1 saturated heterocycles. The van der Waals surface area contributed by atoms with Crippen LogP contribution in [-0.2, 0) is 6.54 Å². The van der Waals surface area contributed by atoms with E-state index in [9.17, 15) is 4.79 Å². The minimum atomic E-state index is -0.452. The lowest BCUT2D eigenvalue weighted by atomic mass is 9.88. The average molecular weight is 310 g/mol. The van der Waals surface area contributed by atoms with E-state index in [0.29, 0.717) is 23.2 Å². The van der Waals surface area contributed by atoms with Gasteiger partial charge >= 0.3 is 0 Å². The molecule has 1 aliphatic rings. The number of nitrogens with two attached hydrogens (primary N) is 2. The normalized spacial score (nSPS) is 23.2. The van der Waals surface area contributed by atoms with Gasteiger partial charge in [0.1, 0.15) is 0 Å². The molecule has 21 heavy (non-hydrogen) atoms. The first-order chi connectivity index (χ1) is 10.0. The van der Waals surface area contributed by atoms with Crippen LogP contribution in [0.1, 0.15) is 42.1 Å². The summed E-state index contributed by atoms with van der Waals surface area (Å²) in [6.45, 7) is 4.74. The van der Waals surface area contributed by atoms with Crippen LogP contribution in [0.3, 0.4) is 0 Å². The van der Waals surface area contributed by atoms with Crippen molar-refractivity contribution in [1.82, 2.24) is 4.90 Å². The number of amides is 1. The Bertz CT molecular complexity index is 506. The highest BCUT2D eigenvalue weighted by Crippen LogP contribution is 2.28. The van der Waals surface area contributed by atoms with Crippen molar-refractivity contribution in [3.05, 3.63) is 34.3 Å². The van der Waals surface area contributed by atoms with E-state index in [1.807, 2.05) is 6.07 Å². The van der Waals surface area contributed by atoms with Crippen molar-refractivity contribution in [1.29, 1.82) is 0 Å². The predicted octanol–water partition coefficient (Wildman–Crippen LogP) is 2.39. The zero-order valence-corrected chi connectivity index (χ0v) is 13.3. The van der Waals surface area contributed by atoms with Crippen LogP contribution in [0.5, 0.6) is 0 Å². The standard InChI is InChI=1S/C16H24ClN3O/c1-2-11-5-6-20(14(7-11)9-18)10-13-4-3-12(16(19)21)8-15(13)17/h3-4,8,11,14H,2,5-7,9-10,18H2,1H3,(H2,19,21). The van der Waals surface area contributed by atoms with Crippen molar-refractivity contribution in [2.24, 2.45) is 17.4 Å². The second-order valence-corrected chi connectivity index (χ2v) is 6.24. The molecule has 0 bridgehead atoms. The minimum Gasteiger partial charge on any atom is -0.366 e. The van der Waals surface area contributed by atoms with E-state index in [1.54, 1.807) is 12.1 Å². The number of hydrogen-bond acceptors (Lipinski definition) is 3. The number of rotatable bonds is 5. The highest BCUT2D eigenvalue weighted by atomic mass is 35.5. The molecule has 0 aromatic heterocycles. The summed E-state index contributed by atoms with van der Waals surface area (Å²) >= 11 is 6.27. The second kappa shape index (κ2) is 7.25. The number of piperidine rings is 1. The van der Waals surface area contributed by atoms with E-state index in [1.165, 1.54) is 12.8 Å². The molecule has 2 unspecified atom stereocenters. The molecule has 1 aliphatic heterocycles. The summed E-state index contributed by atoms with van der Waals surface area (Å²) in [6.07, 6.45) is 3.59. The topological polar surface area (TPSA) is 72.3 Å². The molecule has 0 aliphatic carbocycles. The van der Waals surface area contributed by atoms with Crippen LogP contribution in [0.15, 0.2) is 18.2 Å². The lowest BCUT2D eigenvalue weighted by molar-refractivity contribution is 0.0999. The lowest BCUT2D eigenvalue weighted by Gasteiger charge is -2.39. The van der Waals surface area contributed by atoms with Crippen LogP contribution in [0.2, 0.25) is 5.02 Å². The number of carbonyl (C=O) groups excluding carboxylic acids is 1. The number of primary amides is 1. The van der Waals surface area contributed by atoms with Gasteiger partial charge in [-0.15, -0.1) is 0 Å². The smallest absolute Gasteiger partial charge is 0.248 e. The van der Waals surface area contributed by atoms with Crippen LogP contribution in [0, 0.1) is 5.92 Å². The third kappa shape index (κ3) is 3.96. The number of benzene rings is 1. The van der Waals surface area contributed by atoms with Crippen LogP contribution in [0.4, 0.5) is 0 Å². The van der Waals surface area contributed by atoms with Crippen molar-refractivity contribution >= 4 is 17.5 Å². The highest BCUT2D eigenvalue weighted by molar-refractivity contribution is 6.31. The quantitative estimate of drug-likeness (QED) is 0.877. The number of carbonyl (C=O) groups is 1. The first-order valence-electron chi connectivity index (χ1n) is 7.57. The fraction of sp³-hybridized carbons (Fsp3) is 0.562. The van der Waals surface area contributed by atoms with Gasteiger partial charge in [-0.3, -0.25) is 9.69 Å². The first kappa shape index (κ1) is 16.3. The van der Waals surface area contributed by atoms with Crippen molar-refractivity contribution in [3.8, 4) is 0 Å². The van der Waals surface area contributed by atoms with Gasteiger partial charge in [0.25, 0.3) is 0 Å². The van der Waals surface area contributed by atoms with Crippen LogP contribution >= 0.6 is 11.6 Å². The van der Waals surface area contributed by atoms with Gasteiger partial charge in [0.2, 0.25) is 5.91 Å². The number of halogens is 1. The molecule has 116 valence electrons. The molecule has 0 saturated carbocycles. The van der Waals surface area contributed by atoms with Crippen molar-refractivity contribution in [2.45, 2.75) is 38.8 Å². The monoisotopic (exact) mass is 309 g/mol. The van der Waals surface area contributed by atoms with Gasteiger partial charge in [0, 0.05) is 29.7 Å². The van der Waals surface area contributed by atoms with E-state index in [-0.39, 0.29) is 0 Å². The average Bonchev–Trinajstić information content (AvgIpc) is 2.49. The molecule has 4 N–H and O–H groups in total. The summed E-state index contributed by atoms with van der Waals surface area (Å²) < 4.78 is 0. The summed E-state index contributed by atoms with van der Waals surface area (Å²) in [5, 5.41) is 0.597. The Balaban J connectivity index is 2.08. The molecule has 1 amide bonds. The molecule has 1 aromatic carbocycles. The summed E-state index contributed by atoms with van der Waals surface area (Å²) in [6, 6.07) is 5.69. The summed E-state index contributed by atoms with van der Waals surface area (Å²) in [7, 11) is 0. The van der Waals surface area contributed by atoms with Gasteiger partial charge in [-0.1, -0.05) is 31.0 Å². The molecule has 1 heterocycles. The van der Waals surface area contributed by atoms with Gasteiger partial charge in [0.15, 0.2) is 0 Å². The lowest BCUT2D eigenvalue weighted by Crippen LogP contribution is -2.46. The Labute approximate surface area is 131 Å². The van der Waals surface area contributed by atoms with Crippen molar-refractivity contribution in [3.63, 3.8) is 0 Å². The van der Waals surface area contributed by atoms with Crippen LogP contribution < -0.4 is 11.5 Å². The maximum absolute atomic E-state index is 11.2. The van der Waals surface area contributed by atoms with Gasteiger partial charge in [-0.25, -0.2) is 0 Å². The molecule has 4 nitrogen and oxygen atoms in total. The predicted molar refractivity (Wildman–Crippen MR) is 86.2 cm³/mol. The third-order valence-electron chi connectivity index (χ3n) is 4.51. The molecule has 2 rings (SSSR count). The highest BCUT2D eigenvalue weighted by Gasteiger charge is 2.27. The number of nitrogens with zero attached hydrogens (tertiary/aromatic N) is 1. The molecule has 0 spiro atoms. The molecule has 2 atom stereocenters. The fourth-order valence-electron chi connectivity index (χ4n) is 3.05. The Morgan fingerprint density at radius 1 is 1.48 bits per heavy atom. The third-order valence-corrected chi connectivity index (χ3v) is 4.86. The zero-order chi connectivity index (χ0) is 15.4. The number of likely N-dealkylation sites (tertiary alicyclic amines) is 1. The Morgan fingerprint density at radius 2 is 2.24 bits per heavy atom. The first-order valence-corrected chi connectivity index (χ1v) is 7.95. The SMILES string of the molecule is CCC1CCN(Cc2ccc(C(N)=O)cc2Cl)C(CN)C1. The summed E-state index contributed by atoms with van der Waals surface area (Å²) in [5.74, 6) is 0.328. The fourth-order valence-corrected chi connectivity index (χ4v) is 3.29. The van der Waals surface area contributed by atoms with Gasteiger partial charge in [-0.05, 0) is 43.0 Å². The number of hydrogen-bond donors (Lipinski definition) is 2. The molecule has 1 aromatic rings. The van der Waals surface area contributed by atoms with Crippen LogP contribution in [0.25, 0.3) is 0 Å². The van der Waals surface area contributed by atoms with E-state index < -0.39 is 5.91 Å². The Morgan fingerprint density at radius 3 is 2.81 bits per heavy atom. The van der Waals surface area contributed by atoms with E-state index in [0.717, 1.165) is 31.0 Å². The zero-order valence-electron chi connectivity index (χ0n) is 12.5. The molecular weight excluding hydrogens is 286 g/mol. The Kier molecular flexibility index (Phi) is 5.62. The molecule has 1 fully saturated rings. The minimum absolute atomic E-state index is 0.413. The van der Waals surface area contributed by atoms with E-state index in [2.05, 4.69) is 11.8 Å². The molecule has 5 heteroatoms. The summed E-state index contributed by atoms with van der Waals surface area (Å²) in [5.41, 5.74) is 12.7. The van der Waals surface area contributed by atoms with E-state index in [4.69, 9.17) is 23.1 Å². The maximum atomic E-state index is 11.2. The van der Waals surface area contributed by atoms with Crippen LogP contribution in [-0.4, -0.2) is 29.9 Å². The molecular formula is C16H24ClN3O.